The molecule has 1 saturated heterocycles. The summed E-state index contributed by atoms with van der Waals surface area (Å²) in [5.41, 5.74) is 2.46. The van der Waals surface area contributed by atoms with Crippen LogP contribution in [0.3, 0.4) is 0 Å². The number of carbonyl (C=O) groups excluding carboxylic acids is 2. The van der Waals surface area contributed by atoms with Gasteiger partial charge in [-0.25, -0.2) is 0 Å². The molecule has 1 spiro atoms. The van der Waals surface area contributed by atoms with Crippen molar-refractivity contribution in [2.75, 3.05) is 11.5 Å². The summed E-state index contributed by atoms with van der Waals surface area (Å²) >= 11 is 3.59. The lowest BCUT2D eigenvalue weighted by molar-refractivity contribution is -0.151. The van der Waals surface area contributed by atoms with Crippen LogP contribution in [0.25, 0.3) is 16.5 Å². The smallest absolute Gasteiger partial charge is 0.279 e. The molecule has 272 valence electrons. The molecule has 0 unspecified atom stereocenters. The second kappa shape index (κ2) is 13.4. The van der Waals surface area contributed by atoms with E-state index in [1.54, 1.807) is 47.3 Å². The summed E-state index contributed by atoms with van der Waals surface area (Å²) in [7, 11) is -3.53. The number of hydrogen-bond donors (Lipinski definition) is 1. The van der Waals surface area contributed by atoms with Crippen molar-refractivity contribution in [3.05, 3.63) is 134 Å². The van der Waals surface area contributed by atoms with Crippen LogP contribution in [-0.4, -0.2) is 58.8 Å². The first-order chi connectivity index (χ1) is 25.4. The van der Waals surface area contributed by atoms with E-state index in [9.17, 15) is 19.5 Å². The van der Waals surface area contributed by atoms with E-state index >= 15 is 4.11 Å². The molecule has 3 aliphatic rings. The molecular weight excluding hydrogens is 755 g/mol. The minimum Gasteiger partial charge on any atom is -0.394 e. The van der Waals surface area contributed by atoms with Gasteiger partial charge in [-0.3, -0.25) is 14.4 Å². The Labute approximate surface area is 316 Å². The molecule has 0 bridgehead atoms. The molecule has 3 aliphatic heterocycles. The van der Waals surface area contributed by atoms with Crippen LogP contribution in [0.5, 0.6) is 0 Å². The third kappa shape index (κ3) is 5.96. The van der Waals surface area contributed by atoms with Gasteiger partial charge < -0.3 is 23.8 Å². The zero-order valence-electron chi connectivity index (χ0n) is 29.7. The fourth-order valence-electron chi connectivity index (χ4n) is 8.91. The summed E-state index contributed by atoms with van der Waals surface area (Å²) in [4.78, 5) is 45.6. The second-order valence-corrected chi connectivity index (χ2v) is 19.7. The van der Waals surface area contributed by atoms with Crippen LogP contribution in [0.15, 0.2) is 106 Å². The van der Waals surface area contributed by atoms with Gasteiger partial charge in [0.1, 0.15) is 0 Å². The monoisotopic (exact) mass is 794 g/mol. The number of anilines is 1. The summed E-state index contributed by atoms with van der Waals surface area (Å²) < 4.78 is 25.5. The largest absolute Gasteiger partial charge is 0.394 e. The highest BCUT2D eigenvalue weighted by atomic mass is 79.9. The van der Waals surface area contributed by atoms with Gasteiger partial charge in [-0.2, -0.15) is 9.78 Å². The van der Waals surface area contributed by atoms with Crippen molar-refractivity contribution in [1.82, 2.24) is 14.7 Å². The van der Waals surface area contributed by atoms with E-state index in [0.717, 1.165) is 26.5 Å². The topological polar surface area (TPSA) is 105 Å². The molecule has 0 radical (unpaired) electrons. The Morgan fingerprint density at radius 2 is 1.74 bits per heavy atom. The van der Waals surface area contributed by atoms with E-state index in [0.29, 0.717) is 35.3 Å². The molecule has 4 heterocycles. The number of benzene rings is 4. The normalized spacial score (nSPS) is 23.8. The fraction of sp³-hybridized carbons (Fsp3) is 0.317. The van der Waals surface area contributed by atoms with Crippen molar-refractivity contribution >= 4 is 52.6 Å². The molecule has 2 amide bonds. The molecule has 5 aromatic rings. The van der Waals surface area contributed by atoms with Crippen LogP contribution in [0.2, 0.25) is 18.6 Å². The molecular formula is C41H40BrFN4O5Si. The Kier molecular flexibility index (Phi) is 9.00. The summed E-state index contributed by atoms with van der Waals surface area (Å²) in [5, 5.41) is 16.0. The number of fused-ring (bicyclic) bond motifs is 4. The predicted octanol–water partition coefficient (Wildman–Crippen LogP) is 6.81. The van der Waals surface area contributed by atoms with Gasteiger partial charge in [-0.15, -0.1) is 0 Å². The zero-order valence-corrected chi connectivity index (χ0v) is 32.3. The molecule has 0 saturated carbocycles. The molecule has 12 heteroatoms. The summed E-state index contributed by atoms with van der Waals surface area (Å²) in [6.45, 7) is 5.50. The molecule has 4 aromatic carbocycles. The number of aliphatic hydroxyl groups excluding tert-OH is 1. The van der Waals surface area contributed by atoms with E-state index < -0.39 is 37.6 Å². The van der Waals surface area contributed by atoms with Gasteiger partial charge >= 0.3 is 0 Å². The Morgan fingerprint density at radius 3 is 2.47 bits per heavy atom. The quantitative estimate of drug-likeness (QED) is 0.144. The van der Waals surface area contributed by atoms with Crippen molar-refractivity contribution in [3.8, 4) is 5.69 Å². The van der Waals surface area contributed by atoms with Crippen LogP contribution in [0, 0.1) is 5.92 Å². The number of aliphatic hydroxyl groups is 1. The van der Waals surface area contributed by atoms with Crippen molar-refractivity contribution < 1.29 is 23.5 Å². The van der Waals surface area contributed by atoms with E-state index in [2.05, 4.69) is 21.0 Å². The molecule has 8 rings (SSSR count). The maximum absolute atomic E-state index is 16.5. The molecule has 1 aromatic heterocycles. The van der Waals surface area contributed by atoms with Gasteiger partial charge in [0.05, 0.1) is 54.7 Å². The van der Waals surface area contributed by atoms with Crippen LogP contribution in [-0.2, 0) is 39.4 Å². The maximum atomic E-state index is 16.5. The maximum Gasteiger partial charge on any atom is 0.279 e. The lowest BCUT2D eigenvalue weighted by atomic mass is 9.82. The molecule has 1 fully saturated rings. The third-order valence-corrected chi connectivity index (χ3v) is 14.4. The standard InChI is InChI=1S/C41H40BrFN4O5Si/c1-25-38(53(2,3)43)36(20-37(49)45-23-29-10-5-4-8-27(29)18-32(45)24-48)52-41(25)34-19-30(42)14-17-35(34)46(40(41)51)22-26-12-15-31(16-13-26)47-39(50)33-11-7-6-9-28(33)21-44-47/h4-17,19,21,25,32,36,38,48H,18,20,22-24H2,1-3H3/t25-,32+,36+,38-,41+/m1/s1. The SMILES string of the molecule is C[C@@H]1[C@@H]([Si](C)(C)F)[C@H](CC(=O)N2Cc3ccccc3C[C@H]2CO)O[C@@]12C(=O)N(Cc1ccc(-n3ncc4ccccc4c3=O)cc1)c1ccc(Br)cc12. The second-order valence-electron chi connectivity index (χ2n) is 15.0. The minimum atomic E-state index is -3.53. The first-order valence-corrected chi connectivity index (χ1v) is 21.7. The van der Waals surface area contributed by atoms with Crippen molar-refractivity contribution in [3.63, 3.8) is 0 Å². The highest BCUT2D eigenvalue weighted by Gasteiger charge is 2.67. The lowest BCUT2D eigenvalue weighted by Crippen LogP contribution is -2.48. The Bertz CT molecular complexity index is 2310. The average Bonchev–Trinajstić information content (AvgIpc) is 3.57. The van der Waals surface area contributed by atoms with Crippen molar-refractivity contribution in [2.24, 2.45) is 5.92 Å². The summed E-state index contributed by atoms with van der Waals surface area (Å²) in [5.74, 6) is -1.10. The van der Waals surface area contributed by atoms with E-state index in [1.807, 2.05) is 79.7 Å². The minimum absolute atomic E-state index is 0.101. The predicted molar refractivity (Wildman–Crippen MR) is 207 cm³/mol. The lowest BCUT2D eigenvalue weighted by Gasteiger charge is -2.37. The number of hydrogen-bond acceptors (Lipinski definition) is 6. The molecule has 0 aliphatic carbocycles. The van der Waals surface area contributed by atoms with Gasteiger partial charge in [0.25, 0.3) is 11.5 Å². The zero-order chi connectivity index (χ0) is 37.2. The Balaban J connectivity index is 1.10. The van der Waals surface area contributed by atoms with Crippen LogP contribution in [0.4, 0.5) is 9.80 Å². The number of aromatic nitrogens is 2. The van der Waals surface area contributed by atoms with Gasteiger partial charge in [0.15, 0.2) is 5.60 Å². The summed E-state index contributed by atoms with van der Waals surface area (Å²) in [6.07, 6.45) is 1.25. The Morgan fingerprint density at radius 1 is 1.02 bits per heavy atom. The molecule has 53 heavy (non-hydrogen) atoms. The summed E-state index contributed by atoms with van der Waals surface area (Å²) in [6, 6.07) is 27.8. The molecule has 9 nitrogen and oxygen atoms in total. The van der Waals surface area contributed by atoms with Crippen LogP contribution >= 0.6 is 15.9 Å². The van der Waals surface area contributed by atoms with Gasteiger partial charge in [-0.1, -0.05) is 77.5 Å². The van der Waals surface area contributed by atoms with Gasteiger partial charge in [0.2, 0.25) is 14.3 Å². The molecule has 5 atom stereocenters. The highest BCUT2D eigenvalue weighted by molar-refractivity contribution is 9.10. The first kappa shape index (κ1) is 35.5. The van der Waals surface area contributed by atoms with Crippen molar-refractivity contribution in [2.45, 2.75) is 69.2 Å². The number of rotatable bonds is 7. The van der Waals surface area contributed by atoms with Crippen LogP contribution in [0.1, 0.15) is 35.6 Å². The Hall–Kier alpha value is -4.49. The van der Waals surface area contributed by atoms with E-state index in [1.165, 1.54) is 4.68 Å². The third-order valence-electron chi connectivity index (χ3n) is 11.4. The van der Waals surface area contributed by atoms with Gasteiger partial charge in [0, 0.05) is 33.4 Å². The fourth-order valence-corrected chi connectivity index (χ4v) is 11.8. The average molecular weight is 796 g/mol. The van der Waals surface area contributed by atoms with Crippen LogP contribution < -0.4 is 10.5 Å². The van der Waals surface area contributed by atoms with Crippen molar-refractivity contribution in [1.29, 1.82) is 0 Å². The number of halogens is 2. The number of carbonyl (C=O) groups is 2. The highest BCUT2D eigenvalue weighted by Crippen LogP contribution is 2.60. The molecule has 1 N–H and O–H groups in total. The van der Waals surface area contributed by atoms with E-state index in [4.69, 9.17) is 4.74 Å². The van der Waals surface area contributed by atoms with Gasteiger partial charge in [-0.05, 0) is 72.6 Å². The van der Waals surface area contributed by atoms with E-state index in [-0.39, 0.29) is 36.9 Å². The number of ether oxygens (including phenoxy) is 1. The first-order valence-electron chi connectivity index (χ1n) is 17.9. The number of nitrogens with zero attached hydrogens (tertiary/aromatic N) is 4. The number of amides is 2.